The van der Waals surface area contributed by atoms with E-state index >= 15 is 0 Å². The van der Waals surface area contributed by atoms with Gasteiger partial charge in [-0.15, -0.1) is 0 Å². The van der Waals surface area contributed by atoms with E-state index in [0.29, 0.717) is 19.1 Å². The van der Waals surface area contributed by atoms with Gasteiger partial charge in [-0.2, -0.15) is 0 Å². The highest BCUT2D eigenvalue weighted by Gasteiger charge is 2.44. The second-order valence-corrected chi connectivity index (χ2v) is 9.10. The summed E-state index contributed by atoms with van der Waals surface area (Å²) in [5, 5.41) is 0. The molecule has 3 unspecified atom stereocenters. The van der Waals surface area contributed by atoms with Crippen molar-refractivity contribution in [2.45, 2.75) is 25.6 Å². The van der Waals surface area contributed by atoms with Crippen molar-refractivity contribution >= 4 is 5.69 Å². The van der Waals surface area contributed by atoms with Gasteiger partial charge in [0.05, 0.1) is 19.2 Å². The van der Waals surface area contributed by atoms with Gasteiger partial charge in [-0.3, -0.25) is 0 Å². The second-order valence-electron chi connectivity index (χ2n) is 9.10. The van der Waals surface area contributed by atoms with E-state index < -0.39 is 0 Å². The third-order valence-electron chi connectivity index (χ3n) is 7.02. The first-order valence-corrected chi connectivity index (χ1v) is 11.6. The van der Waals surface area contributed by atoms with Crippen molar-refractivity contribution in [3.05, 3.63) is 82.9 Å². The minimum Gasteiger partial charge on any atom is -0.497 e. The minimum absolute atomic E-state index is 0.192. The Balaban J connectivity index is 1.38. The average molecular weight is 444 g/mol. The summed E-state index contributed by atoms with van der Waals surface area (Å²) >= 11 is 0. The number of methoxy groups -OCH3 is 1. The lowest BCUT2D eigenvalue weighted by atomic mass is 9.81. The fraction of sp³-hybridized carbons (Fsp3) is 0.333. The van der Waals surface area contributed by atoms with E-state index in [1.54, 1.807) is 7.11 Å². The number of hydrogen-bond acceptors (Lipinski definition) is 6. The van der Waals surface area contributed by atoms with Gasteiger partial charge in [0, 0.05) is 30.8 Å². The summed E-state index contributed by atoms with van der Waals surface area (Å²) in [6.45, 7) is 5.10. The Morgan fingerprint density at radius 1 is 0.909 bits per heavy atom. The van der Waals surface area contributed by atoms with Crippen molar-refractivity contribution in [2.75, 3.05) is 31.8 Å². The molecule has 6 rings (SSSR count). The predicted octanol–water partition coefficient (Wildman–Crippen LogP) is 4.30. The molecule has 0 aromatic heterocycles. The Labute approximate surface area is 194 Å². The molecule has 6 nitrogen and oxygen atoms in total. The lowest BCUT2D eigenvalue weighted by molar-refractivity contribution is 0.171. The van der Waals surface area contributed by atoms with E-state index in [4.69, 9.17) is 14.2 Å². The number of benzene rings is 3. The first kappa shape index (κ1) is 20.4. The lowest BCUT2D eigenvalue weighted by Gasteiger charge is -2.40. The summed E-state index contributed by atoms with van der Waals surface area (Å²) in [4.78, 5) is 2.49. The van der Waals surface area contributed by atoms with Crippen molar-refractivity contribution in [2.24, 2.45) is 5.92 Å². The second kappa shape index (κ2) is 8.28. The zero-order valence-corrected chi connectivity index (χ0v) is 19.0. The van der Waals surface area contributed by atoms with Gasteiger partial charge in [0.15, 0.2) is 11.5 Å². The molecule has 3 heterocycles. The van der Waals surface area contributed by atoms with Crippen molar-refractivity contribution < 1.29 is 14.2 Å². The third kappa shape index (κ3) is 3.69. The number of fused-ring (bicyclic) bond motifs is 4. The molecule has 3 aliphatic heterocycles. The van der Waals surface area contributed by atoms with Crippen LogP contribution in [-0.2, 0) is 6.54 Å². The van der Waals surface area contributed by atoms with Crippen LogP contribution in [-0.4, -0.2) is 26.9 Å². The van der Waals surface area contributed by atoms with Crippen LogP contribution < -0.4 is 30.0 Å². The minimum atomic E-state index is 0.192. The van der Waals surface area contributed by atoms with Gasteiger partial charge in [-0.05, 0) is 41.8 Å². The van der Waals surface area contributed by atoms with E-state index in [1.807, 2.05) is 12.1 Å². The molecule has 0 radical (unpaired) electrons. The van der Waals surface area contributed by atoms with Gasteiger partial charge in [-0.1, -0.05) is 42.0 Å². The van der Waals surface area contributed by atoms with E-state index in [9.17, 15) is 0 Å². The number of aryl methyl sites for hydroxylation is 1. The standard InChI is InChI=1S/C27H29N3O3/c1-17-3-5-18(6-4-17)15-30-16-22-26(19-7-9-20(31-2)10-8-19)28-29-27(22)21-13-24-25(14-23(21)30)33-12-11-32-24/h3-10,13-14,22,26-29H,11-12,15-16H2,1-2H3. The third-order valence-corrected chi connectivity index (χ3v) is 7.02. The van der Waals surface area contributed by atoms with Crippen LogP contribution in [0.2, 0.25) is 0 Å². The molecule has 1 saturated heterocycles. The van der Waals surface area contributed by atoms with Crippen molar-refractivity contribution in [3.8, 4) is 17.2 Å². The average Bonchev–Trinajstić information content (AvgIpc) is 3.28. The molecule has 170 valence electrons. The maximum absolute atomic E-state index is 5.94. The SMILES string of the molecule is COc1ccc(C2NNC3c4cc5c(cc4N(Cc4ccc(C)cc4)CC23)OCCO5)cc1. The zero-order valence-electron chi connectivity index (χ0n) is 19.0. The molecule has 2 N–H and O–H groups in total. The highest BCUT2D eigenvalue weighted by atomic mass is 16.6. The van der Waals surface area contributed by atoms with E-state index in [0.717, 1.165) is 30.3 Å². The lowest BCUT2D eigenvalue weighted by Crippen LogP contribution is -2.39. The molecule has 0 saturated carbocycles. The number of hydrogen-bond donors (Lipinski definition) is 2. The van der Waals surface area contributed by atoms with Crippen molar-refractivity contribution in [3.63, 3.8) is 0 Å². The summed E-state index contributed by atoms with van der Waals surface area (Å²) in [7, 11) is 1.70. The molecule has 0 spiro atoms. The molecular weight excluding hydrogens is 414 g/mol. The van der Waals surface area contributed by atoms with Crippen LogP contribution >= 0.6 is 0 Å². The van der Waals surface area contributed by atoms with E-state index in [2.05, 4.69) is 71.2 Å². The van der Waals surface area contributed by atoms with Gasteiger partial charge in [0.1, 0.15) is 19.0 Å². The Morgan fingerprint density at radius 2 is 1.61 bits per heavy atom. The monoisotopic (exact) mass is 443 g/mol. The molecule has 33 heavy (non-hydrogen) atoms. The van der Waals surface area contributed by atoms with Crippen LogP contribution in [0.1, 0.15) is 34.3 Å². The van der Waals surface area contributed by atoms with E-state index in [1.165, 1.54) is 27.9 Å². The van der Waals surface area contributed by atoms with Gasteiger partial charge in [0.25, 0.3) is 0 Å². The predicted molar refractivity (Wildman–Crippen MR) is 128 cm³/mol. The molecular formula is C27H29N3O3. The van der Waals surface area contributed by atoms with Crippen LogP contribution in [0.25, 0.3) is 0 Å². The summed E-state index contributed by atoms with van der Waals surface area (Å²) in [6.07, 6.45) is 0. The maximum atomic E-state index is 5.94. The summed E-state index contributed by atoms with van der Waals surface area (Å²) in [5.74, 6) is 2.91. The molecule has 3 aromatic rings. The Bertz CT molecular complexity index is 1150. The molecule has 6 heteroatoms. The highest BCUT2D eigenvalue weighted by molar-refractivity contribution is 5.65. The molecule has 3 aliphatic rings. The van der Waals surface area contributed by atoms with Crippen LogP contribution in [0.5, 0.6) is 17.2 Å². The number of nitrogens with zero attached hydrogens (tertiary/aromatic N) is 1. The van der Waals surface area contributed by atoms with Crippen molar-refractivity contribution in [1.29, 1.82) is 0 Å². The summed E-state index contributed by atoms with van der Waals surface area (Å²) < 4.78 is 17.2. The number of ether oxygens (including phenoxy) is 3. The summed E-state index contributed by atoms with van der Waals surface area (Å²) in [5.41, 5.74) is 13.5. The first-order valence-electron chi connectivity index (χ1n) is 11.6. The summed E-state index contributed by atoms with van der Waals surface area (Å²) in [6, 6.07) is 21.9. The van der Waals surface area contributed by atoms with Gasteiger partial charge >= 0.3 is 0 Å². The molecule has 3 aromatic carbocycles. The van der Waals surface area contributed by atoms with Crippen LogP contribution in [0, 0.1) is 12.8 Å². The van der Waals surface area contributed by atoms with Crippen LogP contribution in [0.4, 0.5) is 5.69 Å². The normalized spacial score (nSPS) is 23.1. The topological polar surface area (TPSA) is 55.0 Å². The van der Waals surface area contributed by atoms with Gasteiger partial charge < -0.3 is 19.1 Å². The highest BCUT2D eigenvalue weighted by Crippen LogP contribution is 2.49. The zero-order chi connectivity index (χ0) is 22.4. The molecule has 1 fully saturated rings. The molecule has 0 aliphatic carbocycles. The van der Waals surface area contributed by atoms with Crippen molar-refractivity contribution in [1.82, 2.24) is 10.9 Å². The Kier molecular flexibility index (Phi) is 5.12. The molecule has 0 amide bonds. The van der Waals surface area contributed by atoms with E-state index in [-0.39, 0.29) is 12.1 Å². The quantitative estimate of drug-likeness (QED) is 0.627. The fourth-order valence-corrected chi connectivity index (χ4v) is 5.28. The largest absolute Gasteiger partial charge is 0.497 e. The van der Waals surface area contributed by atoms with Crippen LogP contribution in [0.3, 0.4) is 0 Å². The Hall–Kier alpha value is -3.22. The maximum Gasteiger partial charge on any atom is 0.163 e. The number of rotatable bonds is 4. The fourth-order valence-electron chi connectivity index (χ4n) is 5.28. The first-order chi connectivity index (χ1) is 16.2. The van der Waals surface area contributed by atoms with Gasteiger partial charge in [0.2, 0.25) is 0 Å². The number of hydrazine groups is 1. The molecule has 3 atom stereocenters. The van der Waals surface area contributed by atoms with Crippen LogP contribution in [0.15, 0.2) is 60.7 Å². The number of nitrogens with one attached hydrogen (secondary N) is 2. The smallest absolute Gasteiger partial charge is 0.163 e. The van der Waals surface area contributed by atoms with Gasteiger partial charge in [-0.25, -0.2) is 10.9 Å². The number of anilines is 1. The molecule has 0 bridgehead atoms. The Morgan fingerprint density at radius 3 is 2.33 bits per heavy atom.